The van der Waals surface area contributed by atoms with Crippen LogP contribution in [0, 0.1) is 5.41 Å². The molecule has 1 saturated heterocycles. The first kappa shape index (κ1) is 11.0. The van der Waals surface area contributed by atoms with Crippen LogP contribution in [0.25, 0.3) is 0 Å². The third kappa shape index (κ3) is 2.04. The molecule has 2 rings (SSSR count). The molecule has 0 bridgehead atoms. The molecular formula is C11H17N3O2. The van der Waals surface area contributed by atoms with Gasteiger partial charge in [0.15, 0.2) is 5.49 Å². The number of hydrogen-bond acceptors (Lipinski definition) is 4. The Balaban J connectivity index is 2.33. The van der Waals surface area contributed by atoms with Crippen molar-refractivity contribution in [2.45, 2.75) is 13.3 Å². The molecule has 1 aliphatic rings. The minimum absolute atomic E-state index is 0.126. The molecule has 88 valence electrons. The van der Waals surface area contributed by atoms with E-state index in [1.54, 1.807) is 6.07 Å². The predicted molar refractivity (Wildman–Crippen MR) is 59.9 cm³/mol. The van der Waals surface area contributed by atoms with Crippen molar-refractivity contribution >= 4 is 5.69 Å². The van der Waals surface area contributed by atoms with E-state index in [2.05, 4.69) is 4.90 Å². The number of anilines is 1. The second kappa shape index (κ2) is 4.57. The van der Waals surface area contributed by atoms with Gasteiger partial charge in [-0.1, -0.05) is 6.92 Å². The summed E-state index contributed by atoms with van der Waals surface area (Å²) in [5, 5.41) is 17.3. The molecule has 0 unspecified atom stereocenters. The topological polar surface area (TPSA) is 61.5 Å². The van der Waals surface area contributed by atoms with Crippen LogP contribution < -0.4 is 10.4 Å². The lowest BCUT2D eigenvalue weighted by atomic mass is 10.2. The van der Waals surface area contributed by atoms with Crippen molar-refractivity contribution in [3.63, 3.8) is 0 Å². The lowest BCUT2D eigenvalue weighted by Crippen LogP contribution is -2.37. The Labute approximate surface area is 94.4 Å². The maximum atomic E-state index is 9.61. The Morgan fingerprint density at radius 2 is 2.06 bits per heavy atom. The number of morpholine rings is 1. The van der Waals surface area contributed by atoms with Gasteiger partial charge in [0.05, 0.1) is 18.9 Å². The van der Waals surface area contributed by atoms with Crippen LogP contribution in [-0.2, 0) is 11.2 Å². The Morgan fingerprint density at radius 3 is 2.69 bits per heavy atom. The van der Waals surface area contributed by atoms with E-state index in [0.717, 1.165) is 42.4 Å². The number of nitrogens with zero attached hydrogens (tertiary/aromatic N) is 2. The number of nitrogens with one attached hydrogen (secondary N) is 1. The van der Waals surface area contributed by atoms with E-state index >= 15 is 0 Å². The molecule has 0 aromatic carbocycles. The largest absolute Gasteiger partial charge is 0.427 e. The second-order valence-corrected chi connectivity index (χ2v) is 3.85. The molecule has 1 aromatic rings. The molecule has 0 amide bonds. The summed E-state index contributed by atoms with van der Waals surface area (Å²) < 4.78 is 6.22. The molecule has 16 heavy (non-hydrogen) atoms. The first-order valence-electron chi connectivity index (χ1n) is 5.55. The summed E-state index contributed by atoms with van der Waals surface area (Å²) in [6.45, 7) is 5.10. The molecule has 2 N–H and O–H groups in total. The predicted octanol–water partition coefficient (Wildman–Crippen LogP) is 0.604. The van der Waals surface area contributed by atoms with Crippen LogP contribution in [0.4, 0.5) is 5.69 Å². The molecule has 5 nitrogen and oxygen atoms in total. The van der Waals surface area contributed by atoms with Crippen molar-refractivity contribution in [3.8, 4) is 0 Å². The van der Waals surface area contributed by atoms with E-state index in [4.69, 9.17) is 10.1 Å². The van der Waals surface area contributed by atoms with Crippen molar-refractivity contribution in [3.05, 3.63) is 23.3 Å². The summed E-state index contributed by atoms with van der Waals surface area (Å²) in [5.41, 5.74) is 1.88. The van der Waals surface area contributed by atoms with Crippen LogP contribution in [0.3, 0.4) is 0 Å². The monoisotopic (exact) mass is 223 g/mol. The van der Waals surface area contributed by atoms with E-state index < -0.39 is 0 Å². The van der Waals surface area contributed by atoms with Crippen LogP contribution in [-0.4, -0.2) is 36.2 Å². The minimum Gasteiger partial charge on any atom is -0.427 e. The van der Waals surface area contributed by atoms with Crippen LogP contribution in [0.2, 0.25) is 0 Å². The highest BCUT2D eigenvalue weighted by Gasteiger charge is 2.13. The third-order valence-electron chi connectivity index (χ3n) is 2.84. The molecule has 1 fully saturated rings. The van der Waals surface area contributed by atoms with Crippen molar-refractivity contribution in [2.24, 2.45) is 0 Å². The zero-order valence-corrected chi connectivity index (χ0v) is 9.44. The zero-order chi connectivity index (χ0) is 11.5. The van der Waals surface area contributed by atoms with Gasteiger partial charge in [0.25, 0.3) is 0 Å². The number of hydrogen-bond donors (Lipinski definition) is 2. The highest BCUT2D eigenvalue weighted by atomic mass is 16.5. The summed E-state index contributed by atoms with van der Waals surface area (Å²) in [5.74, 6) is 0. The van der Waals surface area contributed by atoms with E-state index in [0.29, 0.717) is 6.42 Å². The summed E-state index contributed by atoms with van der Waals surface area (Å²) in [7, 11) is 0. The van der Waals surface area contributed by atoms with Gasteiger partial charge in [0.2, 0.25) is 0 Å². The summed E-state index contributed by atoms with van der Waals surface area (Å²) in [4.78, 5) is 2.18. The SMILES string of the molecule is CCc1cc(N2CCOCC2)cc(=N)n1O. The molecule has 0 saturated carbocycles. The van der Waals surface area contributed by atoms with Gasteiger partial charge in [0, 0.05) is 24.8 Å². The fourth-order valence-electron chi connectivity index (χ4n) is 1.89. The van der Waals surface area contributed by atoms with Crippen molar-refractivity contribution < 1.29 is 9.94 Å². The van der Waals surface area contributed by atoms with E-state index in [1.807, 2.05) is 13.0 Å². The van der Waals surface area contributed by atoms with Gasteiger partial charge in [-0.3, -0.25) is 5.41 Å². The van der Waals surface area contributed by atoms with Gasteiger partial charge in [-0.15, -0.1) is 0 Å². The maximum absolute atomic E-state index is 9.61. The number of aromatic nitrogens is 1. The van der Waals surface area contributed by atoms with Gasteiger partial charge in [-0.05, 0) is 12.5 Å². The second-order valence-electron chi connectivity index (χ2n) is 3.85. The summed E-state index contributed by atoms with van der Waals surface area (Å²) >= 11 is 0. The first-order chi connectivity index (χ1) is 7.72. The van der Waals surface area contributed by atoms with Gasteiger partial charge >= 0.3 is 0 Å². The number of ether oxygens (including phenoxy) is 1. The lowest BCUT2D eigenvalue weighted by Gasteiger charge is -2.29. The van der Waals surface area contributed by atoms with Gasteiger partial charge in [-0.25, -0.2) is 0 Å². The Hall–Kier alpha value is -1.49. The van der Waals surface area contributed by atoms with E-state index in [-0.39, 0.29) is 5.49 Å². The molecule has 0 aliphatic carbocycles. The molecule has 2 heterocycles. The average molecular weight is 223 g/mol. The molecule has 0 radical (unpaired) electrons. The van der Waals surface area contributed by atoms with Crippen molar-refractivity contribution in [1.29, 1.82) is 5.41 Å². The lowest BCUT2D eigenvalue weighted by molar-refractivity contribution is 0.122. The van der Waals surface area contributed by atoms with Crippen molar-refractivity contribution in [2.75, 3.05) is 31.2 Å². The third-order valence-corrected chi connectivity index (χ3v) is 2.84. The maximum Gasteiger partial charge on any atom is 0.162 e. The van der Waals surface area contributed by atoms with Gasteiger partial charge in [0.1, 0.15) is 0 Å². The Kier molecular flexibility index (Phi) is 3.14. The number of rotatable bonds is 2. The molecule has 1 aliphatic heterocycles. The van der Waals surface area contributed by atoms with Crippen LogP contribution >= 0.6 is 0 Å². The zero-order valence-electron chi connectivity index (χ0n) is 9.44. The van der Waals surface area contributed by atoms with Crippen LogP contribution in [0.1, 0.15) is 12.6 Å². The van der Waals surface area contributed by atoms with E-state index in [9.17, 15) is 5.21 Å². The average Bonchev–Trinajstić information content (AvgIpc) is 2.33. The normalized spacial score (nSPS) is 16.4. The standard InChI is InChI=1S/C11H17N3O2/c1-2-9-7-10(8-11(12)14(9)15)13-3-5-16-6-4-13/h7-8,12,15H,2-6H2,1H3. The van der Waals surface area contributed by atoms with Crippen LogP contribution in [0.5, 0.6) is 0 Å². The Bertz CT molecular complexity index is 422. The van der Waals surface area contributed by atoms with Gasteiger partial charge in [-0.2, -0.15) is 4.73 Å². The highest BCUT2D eigenvalue weighted by Crippen LogP contribution is 2.15. The minimum atomic E-state index is 0.126. The summed E-state index contributed by atoms with van der Waals surface area (Å²) in [6.07, 6.45) is 0.709. The summed E-state index contributed by atoms with van der Waals surface area (Å²) in [6, 6.07) is 3.62. The Morgan fingerprint density at radius 1 is 1.38 bits per heavy atom. The molecule has 0 spiro atoms. The highest BCUT2D eigenvalue weighted by molar-refractivity contribution is 5.46. The molecule has 1 aromatic heterocycles. The molecule has 5 heteroatoms. The molecular weight excluding hydrogens is 206 g/mol. The number of aryl methyl sites for hydroxylation is 1. The first-order valence-corrected chi connectivity index (χ1v) is 5.55. The smallest absolute Gasteiger partial charge is 0.162 e. The quantitative estimate of drug-likeness (QED) is 0.722. The van der Waals surface area contributed by atoms with Gasteiger partial charge < -0.3 is 14.8 Å². The fourth-order valence-corrected chi connectivity index (χ4v) is 1.89. The molecule has 0 atom stereocenters. The fraction of sp³-hybridized carbons (Fsp3) is 0.545. The van der Waals surface area contributed by atoms with Crippen molar-refractivity contribution in [1.82, 2.24) is 4.73 Å². The van der Waals surface area contributed by atoms with Crippen LogP contribution in [0.15, 0.2) is 12.1 Å². The van der Waals surface area contributed by atoms with E-state index in [1.165, 1.54) is 0 Å². The number of pyridine rings is 1.